The molecular formula is C15H20FN5. The first-order valence-corrected chi connectivity index (χ1v) is 7.50. The fourth-order valence-electron chi connectivity index (χ4n) is 2.50. The van der Waals surface area contributed by atoms with Gasteiger partial charge in [-0.1, -0.05) is 25.1 Å². The fourth-order valence-corrected chi connectivity index (χ4v) is 2.50. The zero-order valence-electron chi connectivity index (χ0n) is 12.2. The van der Waals surface area contributed by atoms with Gasteiger partial charge in [0.2, 0.25) is 0 Å². The summed E-state index contributed by atoms with van der Waals surface area (Å²) in [5.74, 6) is 0.719. The standard InChI is InChI=1S/C15H20FN5/c1-2-9-21-15(17-18-19-21)11-20(13-7-8-13)10-12-5-3-4-6-14(12)16/h3-6,13H,2,7-11H2,1H3. The second-order valence-electron chi connectivity index (χ2n) is 5.55. The molecule has 0 spiro atoms. The minimum Gasteiger partial charge on any atom is -0.289 e. The maximum Gasteiger partial charge on any atom is 0.165 e. The Morgan fingerprint density at radius 2 is 2.10 bits per heavy atom. The van der Waals surface area contributed by atoms with Gasteiger partial charge < -0.3 is 0 Å². The highest BCUT2D eigenvalue weighted by Crippen LogP contribution is 2.29. The molecule has 0 bridgehead atoms. The van der Waals surface area contributed by atoms with Gasteiger partial charge in [-0.3, -0.25) is 4.90 Å². The molecule has 1 fully saturated rings. The Kier molecular flexibility index (Phi) is 4.24. The maximum atomic E-state index is 13.8. The summed E-state index contributed by atoms with van der Waals surface area (Å²) in [4.78, 5) is 2.27. The van der Waals surface area contributed by atoms with Crippen molar-refractivity contribution in [2.45, 2.75) is 51.9 Å². The number of nitrogens with zero attached hydrogens (tertiary/aromatic N) is 5. The second kappa shape index (κ2) is 6.30. The van der Waals surface area contributed by atoms with Gasteiger partial charge in [-0.25, -0.2) is 9.07 Å². The van der Waals surface area contributed by atoms with Crippen molar-refractivity contribution < 1.29 is 4.39 Å². The van der Waals surface area contributed by atoms with Crippen molar-refractivity contribution in [3.8, 4) is 0 Å². The van der Waals surface area contributed by atoms with Crippen LogP contribution in [0.3, 0.4) is 0 Å². The van der Waals surface area contributed by atoms with Crippen molar-refractivity contribution in [3.05, 3.63) is 41.5 Å². The number of hydrogen-bond donors (Lipinski definition) is 0. The quantitative estimate of drug-likeness (QED) is 0.785. The normalized spacial score (nSPS) is 14.8. The summed E-state index contributed by atoms with van der Waals surface area (Å²) in [6.07, 6.45) is 3.34. The third kappa shape index (κ3) is 3.44. The highest BCUT2D eigenvalue weighted by Gasteiger charge is 2.30. The minimum atomic E-state index is -0.142. The van der Waals surface area contributed by atoms with Crippen molar-refractivity contribution in [2.75, 3.05) is 0 Å². The van der Waals surface area contributed by atoms with Gasteiger partial charge in [0.25, 0.3) is 0 Å². The van der Waals surface area contributed by atoms with Gasteiger partial charge in [0, 0.05) is 24.7 Å². The molecule has 2 aromatic rings. The van der Waals surface area contributed by atoms with E-state index in [9.17, 15) is 4.39 Å². The van der Waals surface area contributed by atoms with E-state index in [0.717, 1.165) is 24.4 Å². The lowest BCUT2D eigenvalue weighted by Gasteiger charge is -2.21. The summed E-state index contributed by atoms with van der Waals surface area (Å²) in [7, 11) is 0. The zero-order chi connectivity index (χ0) is 14.7. The number of tetrazole rings is 1. The van der Waals surface area contributed by atoms with E-state index in [-0.39, 0.29) is 5.82 Å². The van der Waals surface area contributed by atoms with Crippen LogP contribution >= 0.6 is 0 Å². The van der Waals surface area contributed by atoms with Crippen LogP contribution in [0.5, 0.6) is 0 Å². The van der Waals surface area contributed by atoms with Gasteiger partial charge in [0.1, 0.15) is 5.82 Å². The van der Waals surface area contributed by atoms with Crippen LogP contribution in [0.1, 0.15) is 37.6 Å². The topological polar surface area (TPSA) is 46.8 Å². The van der Waals surface area contributed by atoms with E-state index in [4.69, 9.17) is 0 Å². The van der Waals surface area contributed by atoms with Gasteiger partial charge in [0.15, 0.2) is 5.82 Å². The highest BCUT2D eigenvalue weighted by atomic mass is 19.1. The van der Waals surface area contributed by atoms with Crippen LogP contribution in [0.25, 0.3) is 0 Å². The van der Waals surface area contributed by atoms with E-state index in [0.29, 0.717) is 19.1 Å². The molecule has 0 aliphatic heterocycles. The lowest BCUT2D eigenvalue weighted by atomic mass is 10.2. The summed E-state index contributed by atoms with van der Waals surface area (Å²) in [6.45, 7) is 4.20. The predicted molar refractivity (Wildman–Crippen MR) is 76.8 cm³/mol. The monoisotopic (exact) mass is 289 g/mol. The maximum absolute atomic E-state index is 13.8. The molecule has 1 aliphatic carbocycles. The molecule has 0 atom stereocenters. The first-order valence-electron chi connectivity index (χ1n) is 7.50. The summed E-state index contributed by atoms with van der Waals surface area (Å²) in [5.41, 5.74) is 0.735. The van der Waals surface area contributed by atoms with Crippen molar-refractivity contribution in [2.24, 2.45) is 0 Å². The highest BCUT2D eigenvalue weighted by molar-refractivity contribution is 5.17. The minimum absolute atomic E-state index is 0.142. The molecule has 21 heavy (non-hydrogen) atoms. The Morgan fingerprint density at radius 3 is 2.81 bits per heavy atom. The Bertz CT molecular complexity index is 593. The Morgan fingerprint density at radius 1 is 1.29 bits per heavy atom. The molecule has 3 rings (SSSR count). The molecule has 5 nitrogen and oxygen atoms in total. The molecule has 1 aliphatic rings. The zero-order valence-corrected chi connectivity index (χ0v) is 12.2. The molecule has 1 heterocycles. The van der Waals surface area contributed by atoms with Crippen molar-refractivity contribution >= 4 is 0 Å². The molecule has 1 aromatic carbocycles. The van der Waals surface area contributed by atoms with E-state index < -0.39 is 0 Å². The van der Waals surface area contributed by atoms with Crippen LogP contribution in [0.2, 0.25) is 0 Å². The molecule has 0 amide bonds. The summed E-state index contributed by atoms with van der Waals surface area (Å²) >= 11 is 0. The van der Waals surface area contributed by atoms with E-state index in [2.05, 4.69) is 27.3 Å². The second-order valence-corrected chi connectivity index (χ2v) is 5.55. The smallest absolute Gasteiger partial charge is 0.165 e. The molecule has 0 radical (unpaired) electrons. The summed E-state index contributed by atoms with van der Waals surface area (Å²) in [6, 6.07) is 7.49. The van der Waals surface area contributed by atoms with Crippen LogP contribution in [0.4, 0.5) is 4.39 Å². The van der Waals surface area contributed by atoms with E-state index in [1.165, 1.54) is 18.9 Å². The molecule has 112 valence electrons. The average molecular weight is 289 g/mol. The number of aromatic nitrogens is 4. The number of halogens is 1. The van der Waals surface area contributed by atoms with Crippen LogP contribution in [0.15, 0.2) is 24.3 Å². The summed E-state index contributed by atoms with van der Waals surface area (Å²) in [5, 5.41) is 11.9. The predicted octanol–water partition coefficient (Wildman–Crippen LogP) is 2.39. The number of rotatable bonds is 7. The molecule has 0 unspecified atom stereocenters. The van der Waals surface area contributed by atoms with Crippen LogP contribution < -0.4 is 0 Å². The van der Waals surface area contributed by atoms with Gasteiger partial charge in [-0.05, 0) is 35.8 Å². The average Bonchev–Trinajstić information content (AvgIpc) is 3.24. The SMILES string of the molecule is CCCn1nnnc1CN(Cc1ccccc1F)C1CC1. The molecule has 1 aromatic heterocycles. The third-order valence-corrected chi connectivity index (χ3v) is 3.78. The number of benzene rings is 1. The lowest BCUT2D eigenvalue weighted by molar-refractivity contribution is 0.231. The Labute approximate surface area is 123 Å². The molecule has 6 heteroatoms. The van der Waals surface area contributed by atoms with Crippen molar-refractivity contribution in [1.29, 1.82) is 0 Å². The molecule has 0 saturated heterocycles. The van der Waals surface area contributed by atoms with Gasteiger partial charge in [-0.15, -0.1) is 5.10 Å². The van der Waals surface area contributed by atoms with E-state index >= 15 is 0 Å². The third-order valence-electron chi connectivity index (χ3n) is 3.78. The largest absolute Gasteiger partial charge is 0.289 e. The Hall–Kier alpha value is -1.82. The van der Waals surface area contributed by atoms with Gasteiger partial charge >= 0.3 is 0 Å². The Balaban J connectivity index is 1.73. The van der Waals surface area contributed by atoms with E-state index in [1.807, 2.05) is 16.8 Å². The van der Waals surface area contributed by atoms with Crippen LogP contribution in [0, 0.1) is 5.82 Å². The molecular weight excluding hydrogens is 269 g/mol. The summed E-state index contributed by atoms with van der Waals surface area (Å²) < 4.78 is 15.7. The van der Waals surface area contributed by atoms with Crippen molar-refractivity contribution in [3.63, 3.8) is 0 Å². The lowest BCUT2D eigenvalue weighted by Crippen LogP contribution is -2.27. The number of hydrogen-bond acceptors (Lipinski definition) is 4. The fraction of sp³-hybridized carbons (Fsp3) is 0.533. The molecule has 0 N–H and O–H groups in total. The van der Waals surface area contributed by atoms with Crippen LogP contribution in [-0.4, -0.2) is 31.1 Å². The molecule has 1 saturated carbocycles. The first-order chi connectivity index (χ1) is 10.3. The van der Waals surface area contributed by atoms with E-state index in [1.54, 1.807) is 6.07 Å². The number of aryl methyl sites for hydroxylation is 1. The first kappa shape index (κ1) is 14.1. The van der Waals surface area contributed by atoms with Gasteiger partial charge in [0.05, 0.1) is 6.54 Å². The van der Waals surface area contributed by atoms with Crippen molar-refractivity contribution in [1.82, 2.24) is 25.1 Å². The van der Waals surface area contributed by atoms with Gasteiger partial charge in [-0.2, -0.15) is 0 Å². The van der Waals surface area contributed by atoms with Crippen LogP contribution in [-0.2, 0) is 19.6 Å².